The fourth-order valence-electron chi connectivity index (χ4n) is 4.93. The number of nitrogens with zero attached hydrogens (tertiary/aromatic N) is 4. The molecule has 3 heterocycles. The van der Waals surface area contributed by atoms with Gasteiger partial charge in [0.25, 0.3) is 0 Å². The summed E-state index contributed by atoms with van der Waals surface area (Å²) in [6.45, 7) is 1.59. The summed E-state index contributed by atoms with van der Waals surface area (Å²) in [4.78, 5) is 8.54. The number of imidazole rings is 1. The fourth-order valence-corrected chi connectivity index (χ4v) is 4.93. The van der Waals surface area contributed by atoms with Crippen LogP contribution in [-0.4, -0.2) is 44.5 Å². The Kier molecular flexibility index (Phi) is 8.06. The monoisotopic (exact) mass is 537 g/mol. The second-order valence-corrected chi connectivity index (χ2v) is 9.68. The van der Waals surface area contributed by atoms with Gasteiger partial charge in [-0.3, -0.25) is 0 Å². The van der Waals surface area contributed by atoms with Gasteiger partial charge in [-0.05, 0) is 16.7 Å². The topological polar surface area (TPSA) is 106 Å². The smallest absolute Gasteiger partial charge is 0.196 e. The molecule has 2 aromatic heterocycles. The number of rotatable bonds is 11. The van der Waals surface area contributed by atoms with Crippen molar-refractivity contribution in [2.24, 2.45) is 0 Å². The van der Waals surface area contributed by atoms with Crippen molar-refractivity contribution in [2.75, 3.05) is 12.3 Å². The van der Waals surface area contributed by atoms with E-state index in [4.69, 9.17) is 24.7 Å². The fraction of sp³-hybridized carbons (Fsp3) is 0.258. The van der Waals surface area contributed by atoms with Crippen LogP contribution in [0.4, 0.5) is 5.82 Å². The van der Waals surface area contributed by atoms with Crippen molar-refractivity contribution < 1.29 is 18.9 Å². The highest BCUT2D eigenvalue weighted by Crippen LogP contribution is 2.38. The molecule has 204 valence electrons. The van der Waals surface area contributed by atoms with Crippen molar-refractivity contribution in [3.63, 3.8) is 0 Å². The zero-order chi connectivity index (χ0) is 27.1. The van der Waals surface area contributed by atoms with Crippen LogP contribution in [0, 0.1) is 0 Å². The summed E-state index contributed by atoms with van der Waals surface area (Å²) >= 11 is 0. The van der Waals surface area contributed by atoms with Gasteiger partial charge >= 0.3 is 0 Å². The molecule has 1 aliphatic rings. The Balaban J connectivity index is 1.29. The predicted molar refractivity (Wildman–Crippen MR) is 149 cm³/mol. The van der Waals surface area contributed by atoms with Gasteiger partial charge in [-0.1, -0.05) is 91.0 Å². The van der Waals surface area contributed by atoms with E-state index >= 15 is 0 Å². The number of benzene rings is 3. The molecule has 4 atom stereocenters. The van der Waals surface area contributed by atoms with Crippen molar-refractivity contribution in [1.29, 1.82) is 0 Å². The molecule has 6 rings (SSSR count). The second kappa shape index (κ2) is 12.4. The van der Waals surface area contributed by atoms with Crippen LogP contribution in [0.3, 0.4) is 0 Å². The number of ether oxygens (including phenoxy) is 4. The van der Waals surface area contributed by atoms with E-state index in [9.17, 15) is 0 Å². The zero-order valence-corrected chi connectivity index (χ0v) is 22.0. The number of hydrogen-bond acceptors (Lipinski definition) is 8. The number of anilines is 1. The lowest BCUT2D eigenvalue weighted by Gasteiger charge is -2.25. The lowest BCUT2D eigenvalue weighted by molar-refractivity contribution is -0.0898. The molecule has 0 aliphatic carbocycles. The summed E-state index contributed by atoms with van der Waals surface area (Å²) < 4.78 is 27.6. The summed E-state index contributed by atoms with van der Waals surface area (Å²) in [6, 6.07) is 30.2. The molecule has 9 heteroatoms. The summed E-state index contributed by atoms with van der Waals surface area (Å²) in [7, 11) is 0. The Morgan fingerprint density at radius 3 is 1.93 bits per heavy atom. The molecule has 1 fully saturated rings. The third kappa shape index (κ3) is 5.88. The van der Waals surface area contributed by atoms with E-state index in [1.807, 2.05) is 91.0 Å². The highest BCUT2D eigenvalue weighted by atomic mass is 16.6. The maximum absolute atomic E-state index is 6.66. The predicted octanol–water partition coefficient (Wildman–Crippen LogP) is 4.53. The van der Waals surface area contributed by atoms with E-state index in [-0.39, 0.29) is 0 Å². The van der Waals surface area contributed by atoms with Crippen LogP contribution < -0.4 is 5.73 Å². The van der Waals surface area contributed by atoms with Gasteiger partial charge in [0, 0.05) is 0 Å². The van der Waals surface area contributed by atoms with E-state index < -0.39 is 24.4 Å². The van der Waals surface area contributed by atoms with Crippen LogP contribution >= 0.6 is 0 Å². The molecule has 1 saturated heterocycles. The van der Waals surface area contributed by atoms with Crippen molar-refractivity contribution in [1.82, 2.24) is 19.6 Å². The van der Waals surface area contributed by atoms with Gasteiger partial charge in [-0.2, -0.15) is 5.10 Å². The second-order valence-electron chi connectivity index (χ2n) is 9.68. The van der Waals surface area contributed by atoms with E-state index in [2.05, 4.69) is 15.1 Å². The molecule has 0 bridgehead atoms. The molecule has 1 aliphatic heterocycles. The molecular weight excluding hydrogens is 506 g/mol. The molecule has 5 aromatic rings. The van der Waals surface area contributed by atoms with Gasteiger partial charge < -0.3 is 24.7 Å². The largest absolute Gasteiger partial charge is 0.381 e. The average molecular weight is 538 g/mol. The quantitative estimate of drug-likeness (QED) is 0.262. The molecule has 9 nitrogen and oxygen atoms in total. The Morgan fingerprint density at radius 1 is 0.725 bits per heavy atom. The first kappa shape index (κ1) is 26.1. The van der Waals surface area contributed by atoms with E-state index in [1.165, 1.54) is 6.33 Å². The molecule has 2 N–H and O–H groups in total. The van der Waals surface area contributed by atoms with Gasteiger partial charge in [-0.25, -0.2) is 14.5 Å². The Morgan fingerprint density at radius 2 is 1.30 bits per heavy atom. The first-order valence-corrected chi connectivity index (χ1v) is 13.3. The highest BCUT2D eigenvalue weighted by molar-refractivity contribution is 5.58. The number of aromatic nitrogens is 4. The average Bonchev–Trinajstić information content (AvgIpc) is 3.58. The van der Waals surface area contributed by atoms with Gasteiger partial charge in [0.15, 0.2) is 11.5 Å². The summed E-state index contributed by atoms with van der Waals surface area (Å²) in [5.41, 5.74) is 10.5. The molecule has 40 heavy (non-hydrogen) atoms. The Bertz CT molecular complexity index is 1500. The molecule has 3 aromatic carbocycles. The zero-order valence-electron chi connectivity index (χ0n) is 22.0. The molecule has 0 saturated carbocycles. The van der Waals surface area contributed by atoms with Gasteiger partial charge in [0.2, 0.25) is 0 Å². The van der Waals surface area contributed by atoms with Crippen LogP contribution in [0.15, 0.2) is 104 Å². The Hall–Kier alpha value is -4.15. The van der Waals surface area contributed by atoms with Crippen LogP contribution in [0.25, 0.3) is 5.65 Å². The van der Waals surface area contributed by atoms with Crippen molar-refractivity contribution in [2.45, 2.75) is 44.2 Å². The van der Waals surface area contributed by atoms with Crippen LogP contribution in [0.2, 0.25) is 0 Å². The maximum Gasteiger partial charge on any atom is 0.196 e. The minimum absolute atomic E-state index is 0.292. The number of fused-ring (bicyclic) bond motifs is 1. The van der Waals surface area contributed by atoms with E-state index in [1.54, 1.807) is 10.7 Å². The minimum Gasteiger partial charge on any atom is -0.381 e. The first-order valence-electron chi connectivity index (χ1n) is 13.3. The van der Waals surface area contributed by atoms with E-state index in [0.717, 1.165) is 16.7 Å². The molecule has 0 unspecified atom stereocenters. The number of nitrogen functional groups attached to an aromatic ring is 1. The molecule has 0 radical (unpaired) electrons. The standard InChI is InChI=1S/C31H31N5O4/c32-30-31-33-16-25(36(31)35-21-34-30)27-29(39-19-24-14-8-3-9-15-24)28(38-18-23-12-6-2-7-13-23)26(40-27)20-37-17-22-10-4-1-5-11-22/h1-16,21,26-29H,17-20H2,(H2,32,34,35)/t26-,27+,28-,29+/m1/s1. The number of hydrogen-bond donors (Lipinski definition) is 1. The van der Waals surface area contributed by atoms with Crippen LogP contribution in [0.5, 0.6) is 0 Å². The van der Waals surface area contributed by atoms with Crippen molar-refractivity contribution >= 4 is 11.5 Å². The SMILES string of the molecule is Nc1ncnn2c([C@@H]3O[C@H](COCc4ccccc4)[C@@H](OCc4ccccc4)[C@H]3OCc3ccccc3)cnc12. The first-order chi connectivity index (χ1) is 19.8. The molecular formula is C31H31N5O4. The summed E-state index contributed by atoms with van der Waals surface area (Å²) in [5.74, 6) is 0.292. The lowest BCUT2D eigenvalue weighted by atomic mass is 10.0. The van der Waals surface area contributed by atoms with Crippen molar-refractivity contribution in [3.05, 3.63) is 126 Å². The van der Waals surface area contributed by atoms with Crippen molar-refractivity contribution in [3.8, 4) is 0 Å². The minimum atomic E-state index is -0.529. The third-order valence-electron chi connectivity index (χ3n) is 6.92. The molecule has 0 amide bonds. The summed E-state index contributed by atoms with van der Waals surface area (Å²) in [5, 5.41) is 4.40. The lowest BCUT2D eigenvalue weighted by Crippen LogP contribution is -2.38. The normalized spacial score (nSPS) is 20.7. The summed E-state index contributed by atoms with van der Waals surface area (Å²) in [6.07, 6.45) is 1.30. The van der Waals surface area contributed by atoms with Crippen LogP contribution in [-0.2, 0) is 38.8 Å². The van der Waals surface area contributed by atoms with Gasteiger partial charge in [-0.15, -0.1) is 0 Å². The van der Waals surface area contributed by atoms with Crippen LogP contribution in [0.1, 0.15) is 28.5 Å². The molecule has 0 spiro atoms. The van der Waals surface area contributed by atoms with Gasteiger partial charge in [0.05, 0.1) is 38.3 Å². The van der Waals surface area contributed by atoms with E-state index in [0.29, 0.717) is 43.6 Å². The maximum atomic E-state index is 6.66. The number of nitrogens with two attached hydrogens (primary N) is 1. The third-order valence-corrected chi connectivity index (χ3v) is 6.92. The highest BCUT2D eigenvalue weighted by Gasteiger charge is 2.48. The van der Waals surface area contributed by atoms with Gasteiger partial charge in [0.1, 0.15) is 30.7 Å². The Labute approximate surface area is 232 Å².